The molecule has 0 spiro atoms. The summed E-state index contributed by atoms with van der Waals surface area (Å²) in [7, 11) is 1.58. The molecular weight excluding hydrogens is 332 g/mol. The number of nitrogens with zero attached hydrogens (tertiary/aromatic N) is 1. The zero-order valence-electron chi connectivity index (χ0n) is 11.4. The van der Waals surface area contributed by atoms with E-state index >= 15 is 0 Å². The molecule has 2 aromatic carbocycles. The number of aliphatic imine (C=N–C) groups is 1. The van der Waals surface area contributed by atoms with Crippen LogP contribution in [0, 0.1) is 0 Å². The summed E-state index contributed by atoms with van der Waals surface area (Å²) >= 11 is 3.46. The monoisotopic (exact) mass is 346 g/mol. The minimum absolute atomic E-state index is 0.528. The normalized spacial score (nSPS) is 19.8. The van der Waals surface area contributed by atoms with E-state index in [2.05, 4.69) is 26.2 Å². The lowest BCUT2D eigenvalue weighted by molar-refractivity contribution is 0.416. The van der Waals surface area contributed by atoms with Crippen LogP contribution in [-0.2, 0) is 5.66 Å². The first kappa shape index (κ1) is 13.9. The number of hydrogen-bond donors (Lipinski definition) is 3. The first-order valence-electron chi connectivity index (χ1n) is 6.38. The highest BCUT2D eigenvalue weighted by molar-refractivity contribution is 9.10. The largest absolute Gasteiger partial charge is 0.495 e. The quantitative estimate of drug-likeness (QED) is 0.729. The van der Waals surface area contributed by atoms with Crippen molar-refractivity contribution in [1.29, 1.82) is 0 Å². The van der Waals surface area contributed by atoms with Gasteiger partial charge in [-0.15, -0.1) is 0 Å². The van der Waals surface area contributed by atoms with Crippen LogP contribution in [-0.4, -0.2) is 13.4 Å². The van der Waals surface area contributed by atoms with Crippen molar-refractivity contribution < 1.29 is 4.74 Å². The van der Waals surface area contributed by atoms with E-state index in [1.54, 1.807) is 19.5 Å². The fourth-order valence-electron chi connectivity index (χ4n) is 2.44. The van der Waals surface area contributed by atoms with Gasteiger partial charge in [-0.3, -0.25) is 5.73 Å². The lowest BCUT2D eigenvalue weighted by atomic mass is 9.90. The van der Waals surface area contributed by atoms with Crippen LogP contribution in [0.4, 0.5) is 11.4 Å². The first-order chi connectivity index (χ1) is 10.0. The molecular formula is C15H15BrN4O. The van der Waals surface area contributed by atoms with Crippen molar-refractivity contribution in [3.05, 3.63) is 52.0 Å². The van der Waals surface area contributed by atoms with E-state index in [9.17, 15) is 0 Å². The van der Waals surface area contributed by atoms with Crippen molar-refractivity contribution in [2.45, 2.75) is 5.66 Å². The minimum atomic E-state index is -0.981. The van der Waals surface area contributed by atoms with Gasteiger partial charge in [0.05, 0.1) is 24.8 Å². The fourth-order valence-corrected chi connectivity index (χ4v) is 2.84. The van der Waals surface area contributed by atoms with Crippen molar-refractivity contribution in [3.63, 3.8) is 0 Å². The number of nitrogens with one attached hydrogen (secondary N) is 1. The van der Waals surface area contributed by atoms with Crippen LogP contribution in [0.15, 0.2) is 45.9 Å². The molecule has 0 bridgehead atoms. The van der Waals surface area contributed by atoms with E-state index in [4.69, 9.17) is 16.2 Å². The molecule has 1 unspecified atom stereocenters. The predicted octanol–water partition coefficient (Wildman–Crippen LogP) is 2.65. The van der Waals surface area contributed by atoms with Crippen LogP contribution in [0.3, 0.4) is 0 Å². The molecule has 2 aromatic rings. The van der Waals surface area contributed by atoms with Crippen LogP contribution in [0.2, 0.25) is 0 Å². The predicted molar refractivity (Wildman–Crippen MR) is 88.6 cm³/mol. The Balaban J connectivity index is 2.20. The second-order valence-corrected chi connectivity index (χ2v) is 5.73. The molecule has 1 atom stereocenters. The maximum absolute atomic E-state index is 6.57. The number of nitrogens with two attached hydrogens (primary N) is 2. The number of halogens is 1. The van der Waals surface area contributed by atoms with E-state index in [1.807, 2.05) is 30.3 Å². The van der Waals surface area contributed by atoms with Crippen molar-refractivity contribution >= 4 is 33.6 Å². The number of methoxy groups -OCH3 is 1. The zero-order chi connectivity index (χ0) is 15.0. The standard InChI is InChI=1S/C15H15BrN4O/c1-21-14-7-13-11(6-12(14)17)15(18,20-8-19-13)9-3-2-4-10(16)5-9/h2-8H,17-18H2,1H3,(H,19,20). The third kappa shape index (κ3) is 2.26. The second-order valence-electron chi connectivity index (χ2n) is 4.82. The Bertz CT molecular complexity index is 732. The highest BCUT2D eigenvalue weighted by atomic mass is 79.9. The lowest BCUT2D eigenvalue weighted by Gasteiger charge is -2.32. The summed E-state index contributed by atoms with van der Waals surface area (Å²) < 4.78 is 6.19. The smallest absolute Gasteiger partial charge is 0.163 e. The molecule has 1 aliphatic rings. The van der Waals surface area contributed by atoms with Crippen molar-refractivity contribution in [1.82, 2.24) is 0 Å². The van der Waals surface area contributed by atoms with Gasteiger partial charge < -0.3 is 15.8 Å². The lowest BCUT2D eigenvalue weighted by Crippen LogP contribution is -2.39. The van der Waals surface area contributed by atoms with E-state index in [1.165, 1.54) is 0 Å². The van der Waals surface area contributed by atoms with Gasteiger partial charge >= 0.3 is 0 Å². The third-order valence-corrected chi connectivity index (χ3v) is 4.03. The number of hydrogen-bond acceptors (Lipinski definition) is 5. The number of benzene rings is 2. The topological polar surface area (TPSA) is 85.7 Å². The molecule has 5 nitrogen and oxygen atoms in total. The summed E-state index contributed by atoms with van der Waals surface area (Å²) in [6.07, 6.45) is 1.60. The Morgan fingerprint density at radius 2 is 2.10 bits per heavy atom. The maximum Gasteiger partial charge on any atom is 0.163 e. The summed E-state index contributed by atoms with van der Waals surface area (Å²) in [5.74, 6) is 0.605. The number of anilines is 2. The molecule has 0 aliphatic carbocycles. The van der Waals surface area contributed by atoms with E-state index < -0.39 is 5.66 Å². The van der Waals surface area contributed by atoms with Crippen LogP contribution in [0.1, 0.15) is 11.1 Å². The molecule has 3 rings (SSSR count). The summed E-state index contributed by atoms with van der Waals surface area (Å²) in [6.45, 7) is 0. The Labute approximate surface area is 131 Å². The average Bonchev–Trinajstić information content (AvgIpc) is 2.48. The highest BCUT2D eigenvalue weighted by Crippen LogP contribution is 2.40. The molecule has 6 heteroatoms. The van der Waals surface area contributed by atoms with Gasteiger partial charge in [-0.25, -0.2) is 4.99 Å². The van der Waals surface area contributed by atoms with E-state index in [0.29, 0.717) is 11.4 Å². The number of fused-ring (bicyclic) bond motifs is 1. The van der Waals surface area contributed by atoms with Crippen LogP contribution >= 0.6 is 15.9 Å². The molecule has 0 saturated heterocycles. The van der Waals surface area contributed by atoms with Crippen LogP contribution in [0.25, 0.3) is 0 Å². The minimum Gasteiger partial charge on any atom is -0.495 e. The molecule has 0 radical (unpaired) electrons. The van der Waals surface area contributed by atoms with Gasteiger partial charge in [-0.1, -0.05) is 28.1 Å². The Hall–Kier alpha value is -2.05. The van der Waals surface area contributed by atoms with Gasteiger partial charge in [0.2, 0.25) is 0 Å². The van der Waals surface area contributed by atoms with E-state index in [-0.39, 0.29) is 0 Å². The summed E-state index contributed by atoms with van der Waals surface area (Å²) in [5, 5.41) is 3.09. The van der Waals surface area contributed by atoms with Crippen LogP contribution < -0.4 is 21.5 Å². The summed E-state index contributed by atoms with van der Waals surface area (Å²) in [5.41, 5.74) is 14.6. The summed E-state index contributed by atoms with van der Waals surface area (Å²) in [6, 6.07) is 11.4. The van der Waals surface area contributed by atoms with Gasteiger partial charge in [0, 0.05) is 16.1 Å². The Morgan fingerprint density at radius 3 is 2.81 bits per heavy atom. The van der Waals surface area contributed by atoms with Crippen molar-refractivity contribution in [3.8, 4) is 5.75 Å². The zero-order valence-corrected chi connectivity index (χ0v) is 13.0. The summed E-state index contributed by atoms with van der Waals surface area (Å²) in [4.78, 5) is 4.44. The van der Waals surface area contributed by atoms with Gasteiger partial charge in [0.25, 0.3) is 0 Å². The molecule has 0 fully saturated rings. The second kappa shape index (κ2) is 5.05. The molecule has 108 valence electrons. The third-order valence-electron chi connectivity index (χ3n) is 3.53. The molecule has 0 saturated carbocycles. The molecule has 5 N–H and O–H groups in total. The van der Waals surface area contributed by atoms with Crippen molar-refractivity contribution in [2.75, 3.05) is 18.2 Å². The average molecular weight is 347 g/mol. The van der Waals surface area contributed by atoms with Gasteiger partial charge in [0.15, 0.2) is 5.66 Å². The highest BCUT2D eigenvalue weighted by Gasteiger charge is 2.34. The van der Waals surface area contributed by atoms with Gasteiger partial charge in [0.1, 0.15) is 5.75 Å². The molecule has 0 aromatic heterocycles. The Morgan fingerprint density at radius 1 is 1.29 bits per heavy atom. The molecule has 1 aliphatic heterocycles. The molecule has 21 heavy (non-hydrogen) atoms. The number of ether oxygens (including phenoxy) is 1. The van der Waals surface area contributed by atoms with Crippen LogP contribution in [0.5, 0.6) is 5.75 Å². The first-order valence-corrected chi connectivity index (χ1v) is 7.17. The van der Waals surface area contributed by atoms with Gasteiger partial charge in [-0.05, 0) is 23.8 Å². The van der Waals surface area contributed by atoms with E-state index in [0.717, 1.165) is 21.3 Å². The maximum atomic E-state index is 6.57. The SMILES string of the molecule is COc1cc2c(cc1N)C(N)(c1cccc(Br)c1)N=CN2. The van der Waals surface area contributed by atoms with Crippen molar-refractivity contribution in [2.24, 2.45) is 10.7 Å². The van der Waals surface area contributed by atoms with Gasteiger partial charge in [-0.2, -0.15) is 0 Å². The Kier molecular flexibility index (Phi) is 3.35. The number of nitrogen functional groups attached to an aromatic ring is 1. The molecule has 1 heterocycles. The molecule has 0 amide bonds. The number of rotatable bonds is 2. The fraction of sp³-hybridized carbons (Fsp3) is 0.133.